The number of anilines is 2. The largest absolute Gasteiger partial charge is 0.464 e. The lowest BCUT2D eigenvalue weighted by Gasteiger charge is -2.30. The Kier molecular flexibility index (Phi) is 10.8. The van der Waals surface area contributed by atoms with Crippen LogP contribution < -0.4 is 14.4 Å². The second-order valence-corrected chi connectivity index (χ2v) is 9.62. The molecule has 2 aromatic carbocycles. The van der Waals surface area contributed by atoms with Crippen molar-refractivity contribution in [2.24, 2.45) is 0 Å². The Balaban J connectivity index is 2.67. The van der Waals surface area contributed by atoms with Gasteiger partial charge in [0.2, 0.25) is 0 Å². The van der Waals surface area contributed by atoms with Crippen LogP contribution >= 0.6 is 63.7 Å². The molecule has 0 aliphatic heterocycles. The van der Waals surface area contributed by atoms with Crippen LogP contribution in [-0.4, -0.2) is 34.4 Å². The third kappa shape index (κ3) is 6.83. The first kappa shape index (κ1) is 24.9. The number of unbranched alkanes of at least 4 members (excludes halogenated alkanes) is 1. The maximum absolute atomic E-state index is 5.92. The Morgan fingerprint density at radius 2 is 1.21 bits per heavy atom. The highest BCUT2D eigenvalue weighted by molar-refractivity contribution is 9.11. The minimum atomic E-state index is 0.143. The molecular formula is C20H23Br4NO4. The van der Waals surface area contributed by atoms with Gasteiger partial charge in [0.05, 0.1) is 20.3 Å². The fourth-order valence-corrected chi connectivity index (χ4v) is 5.34. The summed E-state index contributed by atoms with van der Waals surface area (Å²) < 4.78 is 25.6. The van der Waals surface area contributed by atoms with E-state index in [4.69, 9.17) is 18.9 Å². The van der Waals surface area contributed by atoms with Gasteiger partial charge >= 0.3 is 0 Å². The van der Waals surface area contributed by atoms with Gasteiger partial charge in [-0.05, 0) is 62.5 Å². The number of ether oxygens (including phenoxy) is 4. The van der Waals surface area contributed by atoms with Gasteiger partial charge in [-0.15, -0.1) is 0 Å². The average molecular weight is 661 g/mol. The topological polar surface area (TPSA) is 40.2 Å². The first-order valence-corrected chi connectivity index (χ1v) is 12.1. The summed E-state index contributed by atoms with van der Waals surface area (Å²) in [5, 5.41) is 0. The minimum Gasteiger partial charge on any atom is -0.464 e. The van der Waals surface area contributed by atoms with Crippen molar-refractivity contribution in [3.05, 3.63) is 42.2 Å². The summed E-state index contributed by atoms with van der Waals surface area (Å²) in [6.07, 6.45) is 2.03. The van der Waals surface area contributed by atoms with E-state index >= 15 is 0 Å². The smallest absolute Gasteiger partial charge is 0.188 e. The molecule has 0 saturated carbocycles. The van der Waals surface area contributed by atoms with Gasteiger partial charge < -0.3 is 23.8 Å². The number of hydrogen-bond donors (Lipinski definition) is 0. The van der Waals surface area contributed by atoms with Crippen LogP contribution in [0.15, 0.2) is 42.2 Å². The molecule has 0 radical (unpaired) electrons. The molecule has 0 aliphatic carbocycles. The van der Waals surface area contributed by atoms with Crippen LogP contribution in [0.3, 0.4) is 0 Å². The Hall–Kier alpha value is -0.320. The molecule has 2 aromatic rings. The van der Waals surface area contributed by atoms with Crippen LogP contribution in [0, 0.1) is 0 Å². The predicted octanol–water partition coefficient (Wildman–Crippen LogP) is 7.64. The first-order chi connectivity index (χ1) is 13.9. The molecule has 0 bridgehead atoms. The number of halogens is 4. The Morgan fingerprint density at radius 1 is 0.759 bits per heavy atom. The van der Waals surface area contributed by atoms with Crippen molar-refractivity contribution >= 4 is 75.1 Å². The molecule has 0 aliphatic rings. The fourth-order valence-electron chi connectivity index (χ4n) is 2.70. The van der Waals surface area contributed by atoms with Gasteiger partial charge in [0.25, 0.3) is 0 Å². The summed E-state index contributed by atoms with van der Waals surface area (Å²) in [7, 11) is 3.20. The molecule has 0 heterocycles. The number of benzene rings is 2. The molecule has 9 heteroatoms. The highest BCUT2D eigenvalue weighted by Gasteiger charge is 2.23. The van der Waals surface area contributed by atoms with Gasteiger partial charge in [-0.2, -0.15) is 0 Å². The van der Waals surface area contributed by atoms with Crippen molar-refractivity contribution in [3.8, 4) is 11.5 Å². The first-order valence-electron chi connectivity index (χ1n) is 8.92. The maximum atomic E-state index is 5.92. The predicted molar refractivity (Wildman–Crippen MR) is 131 cm³/mol. The van der Waals surface area contributed by atoms with Crippen molar-refractivity contribution in [2.75, 3.05) is 39.3 Å². The molecule has 0 amide bonds. The van der Waals surface area contributed by atoms with Crippen LogP contribution in [0.2, 0.25) is 0 Å². The zero-order valence-electron chi connectivity index (χ0n) is 16.4. The van der Waals surface area contributed by atoms with E-state index in [2.05, 4.69) is 75.5 Å². The molecule has 0 unspecified atom stereocenters. The van der Waals surface area contributed by atoms with Crippen LogP contribution in [0.4, 0.5) is 11.4 Å². The van der Waals surface area contributed by atoms with Gasteiger partial charge in [-0.25, -0.2) is 0 Å². The summed E-state index contributed by atoms with van der Waals surface area (Å²) in [5.74, 6) is 1.39. The SMILES string of the molecule is CCCCN(c1cc(Br)cc(Br)c1OCOC)c1cc(Br)cc(Br)c1OCOC. The lowest BCUT2D eigenvalue weighted by Crippen LogP contribution is -2.21. The van der Waals surface area contributed by atoms with Crippen molar-refractivity contribution in [1.82, 2.24) is 0 Å². The van der Waals surface area contributed by atoms with Crippen LogP contribution in [-0.2, 0) is 9.47 Å². The second-order valence-electron chi connectivity index (χ2n) is 6.08. The number of hydrogen-bond acceptors (Lipinski definition) is 5. The Morgan fingerprint density at radius 3 is 1.59 bits per heavy atom. The lowest BCUT2D eigenvalue weighted by molar-refractivity contribution is 0.0504. The van der Waals surface area contributed by atoms with E-state index < -0.39 is 0 Å². The molecule has 5 nitrogen and oxygen atoms in total. The van der Waals surface area contributed by atoms with E-state index in [1.54, 1.807) is 14.2 Å². The molecule has 0 atom stereocenters. The molecule has 0 spiro atoms. The van der Waals surface area contributed by atoms with Crippen LogP contribution in [0.5, 0.6) is 11.5 Å². The summed E-state index contributed by atoms with van der Waals surface area (Å²) in [4.78, 5) is 2.19. The normalized spacial score (nSPS) is 10.9. The van der Waals surface area contributed by atoms with E-state index in [0.717, 1.165) is 48.7 Å². The highest BCUT2D eigenvalue weighted by Crippen LogP contribution is 2.47. The quantitative estimate of drug-likeness (QED) is 0.232. The summed E-state index contributed by atoms with van der Waals surface area (Å²) in [6, 6.07) is 7.96. The summed E-state index contributed by atoms with van der Waals surface area (Å²) in [5.41, 5.74) is 1.79. The number of nitrogens with zero attached hydrogens (tertiary/aromatic N) is 1. The molecule has 0 fully saturated rings. The van der Waals surface area contributed by atoms with Gasteiger partial charge in [0, 0.05) is 29.7 Å². The molecular weight excluding hydrogens is 638 g/mol. The van der Waals surface area contributed by atoms with Gasteiger partial charge in [0.1, 0.15) is 0 Å². The summed E-state index contributed by atoms with van der Waals surface area (Å²) in [6.45, 7) is 3.22. The van der Waals surface area contributed by atoms with Gasteiger partial charge in [-0.1, -0.05) is 45.2 Å². The molecule has 29 heavy (non-hydrogen) atoms. The highest BCUT2D eigenvalue weighted by atomic mass is 79.9. The van der Waals surface area contributed by atoms with Crippen molar-refractivity contribution < 1.29 is 18.9 Å². The number of rotatable bonds is 11. The molecule has 2 rings (SSSR count). The van der Waals surface area contributed by atoms with Crippen molar-refractivity contribution in [1.29, 1.82) is 0 Å². The molecule has 0 saturated heterocycles. The van der Waals surface area contributed by atoms with E-state index in [-0.39, 0.29) is 13.6 Å². The standard InChI is InChI=1S/C20H23Br4NO4/c1-4-5-6-25(17-9-13(21)7-15(23)19(17)28-11-26-2)18-10-14(22)8-16(24)20(18)29-12-27-3/h7-10H,4-6,11-12H2,1-3H3. The minimum absolute atomic E-state index is 0.143. The van der Waals surface area contributed by atoms with E-state index in [1.165, 1.54) is 0 Å². The Bertz CT molecular complexity index is 756. The van der Waals surface area contributed by atoms with E-state index in [1.807, 2.05) is 24.3 Å². The van der Waals surface area contributed by atoms with Crippen molar-refractivity contribution in [2.45, 2.75) is 19.8 Å². The zero-order valence-corrected chi connectivity index (χ0v) is 22.8. The fraction of sp³-hybridized carbons (Fsp3) is 0.400. The van der Waals surface area contributed by atoms with Crippen LogP contribution in [0.25, 0.3) is 0 Å². The third-order valence-corrected chi connectivity index (χ3v) is 6.03. The van der Waals surface area contributed by atoms with Crippen molar-refractivity contribution in [3.63, 3.8) is 0 Å². The zero-order chi connectivity index (χ0) is 21.4. The lowest BCUT2D eigenvalue weighted by atomic mass is 10.2. The van der Waals surface area contributed by atoms with Crippen LogP contribution in [0.1, 0.15) is 19.8 Å². The van der Waals surface area contributed by atoms with Gasteiger partial charge in [-0.3, -0.25) is 0 Å². The molecule has 160 valence electrons. The van der Waals surface area contributed by atoms with E-state index in [0.29, 0.717) is 11.5 Å². The third-order valence-electron chi connectivity index (χ3n) is 3.94. The number of methoxy groups -OCH3 is 2. The molecule has 0 aromatic heterocycles. The average Bonchev–Trinajstić information content (AvgIpc) is 2.66. The van der Waals surface area contributed by atoms with E-state index in [9.17, 15) is 0 Å². The van der Waals surface area contributed by atoms with Gasteiger partial charge in [0.15, 0.2) is 25.1 Å². The Labute approximate surface area is 205 Å². The monoisotopic (exact) mass is 657 g/mol. The summed E-state index contributed by atoms with van der Waals surface area (Å²) >= 11 is 14.4. The maximum Gasteiger partial charge on any atom is 0.188 e. The second kappa shape index (κ2) is 12.5. The molecule has 0 N–H and O–H groups in total.